The first kappa shape index (κ1) is 20.8. The Kier molecular flexibility index (Phi) is 7.53. The molecule has 0 spiro atoms. The number of carbonyl (C=O) groups excluding carboxylic acids is 1. The SMILES string of the molecule is C=CC(C)(O)CCC=C(CO)C(=O)OC1C(C)OC(O)C(O)C1O. The highest BCUT2D eigenvalue weighted by atomic mass is 16.7. The fourth-order valence-electron chi connectivity index (χ4n) is 2.24. The molecule has 1 fully saturated rings. The molecule has 1 aliphatic heterocycles. The zero-order chi connectivity index (χ0) is 18.5. The average Bonchev–Trinajstić information content (AvgIpc) is 2.53. The summed E-state index contributed by atoms with van der Waals surface area (Å²) in [6.45, 7) is 5.95. The molecule has 1 saturated heterocycles. The van der Waals surface area contributed by atoms with Gasteiger partial charge in [0, 0.05) is 0 Å². The van der Waals surface area contributed by atoms with Crippen molar-refractivity contribution in [2.24, 2.45) is 0 Å². The molecule has 6 atom stereocenters. The van der Waals surface area contributed by atoms with E-state index in [1.54, 1.807) is 6.92 Å². The predicted octanol–water partition coefficient (Wildman–Crippen LogP) is -1.01. The molecule has 0 aliphatic carbocycles. The van der Waals surface area contributed by atoms with Crippen molar-refractivity contribution in [2.75, 3.05) is 6.61 Å². The molecule has 5 N–H and O–H groups in total. The summed E-state index contributed by atoms with van der Waals surface area (Å²) in [5.41, 5.74) is -1.14. The normalized spacial score (nSPS) is 33.6. The van der Waals surface area contributed by atoms with E-state index in [2.05, 4.69) is 6.58 Å². The lowest BCUT2D eigenvalue weighted by Gasteiger charge is -2.38. The number of rotatable bonds is 7. The lowest BCUT2D eigenvalue weighted by atomic mass is 9.99. The van der Waals surface area contributed by atoms with Crippen molar-refractivity contribution in [3.63, 3.8) is 0 Å². The van der Waals surface area contributed by atoms with E-state index in [1.807, 2.05) is 0 Å². The summed E-state index contributed by atoms with van der Waals surface area (Å²) in [5.74, 6) is -0.876. The minimum Gasteiger partial charge on any atom is -0.453 e. The molecule has 6 unspecified atom stereocenters. The third-order valence-electron chi connectivity index (χ3n) is 3.95. The van der Waals surface area contributed by atoms with Crippen molar-refractivity contribution in [1.82, 2.24) is 0 Å². The minimum atomic E-state index is -1.61. The number of esters is 1. The van der Waals surface area contributed by atoms with Gasteiger partial charge >= 0.3 is 5.97 Å². The maximum atomic E-state index is 12.1. The number of aliphatic hydroxyl groups is 5. The second-order valence-electron chi connectivity index (χ2n) is 6.07. The number of ether oxygens (including phenoxy) is 2. The van der Waals surface area contributed by atoms with Gasteiger partial charge in [-0.1, -0.05) is 12.2 Å². The molecule has 0 saturated carbocycles. The Morgan fingerprint density at radius 1 is 1.33 bits per heavy atom. The van der Waals surface area contributed by atoms with Crippen LogP contribution in [-0.4, -0.2) is 74.4 Å². The summed E-state index contributed by atoms with van der Waals surface area (Å²) in [6, 6.07) is 0. The number of allylic oxidation sites excluding steroid dienone is 1. The molecule has 0 aromatic carbocycles. The van der Waals surface area contributed by atoms with Crippen LogP contribution in [0.2, 0.25) is 0 Å². The largest absolute Gasteiger partial charge is 0.453 e. The summed E-state index contributed by atoms with van der Waals surface area (Å²) in [7, 11) is 0. The minimum absolute atomic E-state index is 0.0464. The van der Waals surface area contributed by atoms with Crippen LogP contribution >= 0.6 is 0 Å². The second-order valence-corrected chi connectivity index (χ2v) is 6.07. The molecule has 0 bridgehead atoms. The van der Waals surface area contributed by atoms with Gasteiger partial charge in [0.15, 0.2) is 12.4 Å². The Balaban J connectivity index is 2.71. The van der Waals surface area contributed by atoms with E-state index in [9.17, 15) is 30.3 Å². The molecule has 0 amide bonds. The quantitative estimate of drug-likeness (QED) is 0.225. The molecule has 0 aromatic heterocycles. The Hall–Kier alpha value is -1.29. The van der Waals surface area contributed by atoms with Gasteiger partial charge in [0.25, 0.3) is 0 Å². The average molecular weight is 346 g/mol. The summed E-state index contributed by atoms with van der Waals surface area (Å²) >= 11 is 0. The number of aliphatic hydroxyl groups excluding tert-OH is 4. The monoisotopic (exact) mass is 346 g/mol. The van der Waals surface area contributed by atoms with Gasteiger partial charge in [-0.15, -0.1) is 6.58 Å². The lowest BCUT2D eigenvalue weighted by Crippen LogP contribution is -2.58. The molecule has 8 heteroatoms. The molecule has 0 radical (unpaired) electrons. The molecule has 24 heavy (non-hydrogen) atoms. The highest BCUT2D eigenvalue weighted by Gasteiger charge is 2.44. The zero-order valence-corrected chi connectivity index (χ0v) is 13.8. The Labute approximate surface area is 140 Å². The maximum Gasteiger partial charge on any atom is 0.336 e. The van der Waals surface area contributed by atoms with E-state index >= 15 is 0 Å². The van der Waals surface area contributed by atoms with E-state index < -0.39 is 48.9 Å². The first-order chi connectivity index (χ1) is 11.1. The zero-order valence-electron chi connectivity index (χ0n) is 13.8. The van der Waals surface area contributed by atoms with Crippen molar-refractivity contribution in [1.29, 1.82) is 0 Å². The molecule has 1 heterocycles. The molecule has 1 aliphatic rings. The Morgan fingerprint density at radius 2 is 1.96 bits per heavy atom. The highest BCUT2D eigenvalue weighted by molar-refractivity contribution is 5.88. The van der Waals surface area contributed by atoms with Crippen LogP contribution in [0, 0.1) is 0 Å². The first-order valence-electron chi connectivity index (χ1n) is 7.69. The van der Waals surface area contributed by atoms with Crippen molar-refractivity contribution in [2.45, 2.75) is 63.0 Å². The Bertz CT molecular complexity index is 473. The van der Waals surface area contributed by atoms with Crippen molar-refractivity contribution in [3.8, 4) is 0 Å². The number of hydrogen-bond donors (Lipinski definition) is 5. The predicted molar refractivity (Wildman–Crippen MR) is 83.7 cm³/mol. The smallest absolute Gasteiger partial charge is 0.336 e. The van der Waals surface area contributed by atoms with Gasteiger partial charge in [0.2, 0.25) is 0 Å². The van der Waals surface area contributed by atoms with E-state index in [-0.39, 0.29) is 5.57 Å². The fraction of sp³-hybridized carbons (Fsp3) is 0.688. The van der Waals surface area contributed by atoms with Gasteiger partial charge < -0.3 is 35.0 Å². The maximum absolute atomic E-state index is 12.1. The molecule has 1 rings (SSSR count). The van der Waals surface area contributed by atoms with Crippen LogP contribution in [-0.2, 0) is 14.3 Å². The van der Waals surface area contributed by atoms with Crippen LogP contribution in [0.15, 0.2) is 24.3 Å². The molecule has 0 aromatic rings. The van der Waals surface area contributed by atoms with Gasteiger partial charge in [-0.2, -0.15) is 0 Å². The van der Waals surface area contributed by atoms with E-state index in [1.165, 1.54) is 19.1 Å². The van der Waals surface area contributed by atoms with Gasteiger partial charge in [-0.05, 0) is 26.7 Å². The summed E-state index contributed by atoms with van der Waals surface area (Å²) in [5, 5.41) is 48.0. The lowest BCUT2D eigenvalue weighted by molar-refractivity contribution is -0.280. The first-order valence-corrected chi connectivity index (χ1v) is 7.69. The Morgan fingerprint density at radius 3 is 2.50 bits per heavy atom. The van der Waals surface area contributed by atoms with Crippen molar-refractivity contribution in [3.05, 3.63) is 24.3 Å². The van der Waals surface area contributed by atoms with Crippen molar-refractivity contribution >= 4 is 5.97 Å². The van der Waals surface area contributed by atoms with Crippen LogP contribution in [0.3, 0.4) is 0 Å². The van der Waals surface area contributed by atoms with Gasteiger partial charge in [-0.25, -0.2) is 4.79 Å². The van der Waals surface area contributed by atoms with Gasteiger partial charge in [-0.3, -0.25) is 0 Å². The van der Waals surface area contributed by atoms with Crippen molar-refractivity contribution < 1.29 is 39.8 Å². The van der Waals surface area contributed by atoms with Crippen LogP contribution in [0.1, 0.15) is 26.7 Å². The van der Waals surface area contributed by atoms with E-state index in [4.69, 9.17) is 9.47 Å². The molecule has 8 nitrogen and oxygen atoms in total. The fourth-order valence-corrected chi connectivity index (χ4v) is 2.24. The molecular weight excluding hydrogens is 320 g/mol. The topological polar surface area (TPSA) is 137 Å². The van der Waals surface area contributed by atoms with E-state index in [0.29, 0.717) is 12.8 Å². The number of carbonyl (C=O) groups is 1. The number of hydrogen-bond acceptors (Lipinski definition) is 8. The van der Waals surface area contributed by atoms with E-state index in [0.717, 1.165) is 0 Å². The molecular formula is C16H26O8. The van der Waals surface area contributed by atoms with Crippen LogP contribution in [0.4, 0.5) is 0 Å². The summed E-state index contributed by atoms with van der Waals surface area (Å²) in [6.07, 6.45) is -3.34. The van der Waals surface area contributed by atoms with Crippen LogP contribution in [0.5, 0.6) is 0 Å². The van der Waals surface area contributed by atoms with Gasteiger partial charge in [0.1, 0.15) is 12.2 Å². The highest BCUT2D eigenvalue weighted by Crippen LogP contribution is 2.23. The standard InChI is InChI=1S/C16H26O8/c1-4-16(3,22)7-5-6-10(8-17)14(20)24-13-9(2)23-15(21)12(19)11(13)18/h4,6,9,11-13,15,17-19,21-22H,1,5,7-8H2,2-3H3. The van der Waals surface area contributed by atoms with Gasteiger partial charge in [0.05, 0.1) is 23.9 Å². The van der Waals surface area contributed by atoms with Crippen LogP contribution < -0.4 is 0 Å². The second kappa shape index (κ2) is 8.70. The summed E-state index contributed by atoms with van der Waals surface area (Å²) in [4.78, 5) is 12.1. The van der Waals surface area contributed by atoms with Crippen LogP contribution in [0.25, 0.3) is 0 Å². The third kappa shape index (κ3) is 5.37. The summed E-state index contributed by atoms with van der Waals surface area (Å²) < 4.78 is 10.1. The molecule has 138 valence electrons. The third-order valence-corrected chi connectivity index (χ3v) is 3.95.